The number of ether oxygens (including phenoxy) is 4. The molecule has 5 aromatic carbocycles. The van der Waals surface area contributed by atoms with E-state index < -0.39 is 17.9 Å². The predicted molar refractivity (Wildman–Crippen MR) is 325 cm³/mol. The molecule has 0 spiro atoms. The van der Waals surface area contributed by atoms with Crippen LogP contribution in [0.3, 0.4) is 0 Å². The van der Waals surface area contributed by atoms with Gasteiger partial charge in [-0.1, -0.05) is 43.3 Å². The summed E-state index contributed by atoms with van der Waals surface area (Å²) in [7, 11) is 6.97. The number of likely N-dealkylation sites (tertiary alicyclic amines) is 1. The number of nitrogens with zero attached hydrogens (tertiary/aromatic N) is 5. The lowest BCUT2D eigenvalue weighted by Gasteiger charge is -2.25. The van der Waals surface area contributed by atoms with Crippen LogP contribution in [0.1, 0.15) is 108 Å². The van der Waals surface area contributed by atoms with Gasteiger partial charge in [-0.15, -0.1) is 0 Å². The Kier molecular flexibility index (Phi) is 18.2. The van der Waals surface area contributed by atoms with Crippen molar-refractivity contribution in [1.82, 2.24) is 10.2 Å². The number of para-hydroxylation sites is 2. The van der Waals surface area contributed by atoms with Gasteiger partial charge in [0.05, 0.1) is 60.1 Å². The van der Waals surface area contributed by atoms with Crippen molar-refractivity contribution in [3.63, 3.8) is 0 Å². The van der Waals surface area contributed by atoms with E-state index in [-0.39, 0.29) is 110 Å². The summed E-state index contributed by atoms with van der Waals surface area (Å²) in [4.78, 5) is 115. The van der Waals surface area contributed by atoms with Crippen LogP contribution in [0, 0.1) is 5.92 Å². The SMILES string of the molecule is COc1cc2c(cc1OCc1cc(COc3cc4c(cc3OC)C(=O)N3c5ccccc5C[C@H]3CN4C)cc(NC(=O)[C@H](C)CC(=O)[C@H](C)NC(=O)CCCCC(=O)CCCN3C(=O)CC(SC)C3=O)c1)N(C)C[C@@H]1Cc3ccccc3N1C2=O. The number of hydrogen-bond donors (Lipinski definition) is 2. The van der Waals surface area contributed by atoms with Gasteiger partial charge in [-0.3, -0.25) is 43.3 Å². The van der Waals surface area contributed by atoms with E-state index in [1.165, 1.54) is 30.9 Å². The Balaban J connectivity index is 0.807. The lowest BCUT2D eigenvalue weighted by atomic mass is 9.99. The maximum absolute atomic E-state index is 14.3. The molecule has 5 heterocycles. The highest BCUT2D eigenvalue weighted by molar-refractivity contribution is 8.00. The van der Waals surface area contributed by atoms with Gasteiger partial charge in [0.15, 0.2) is 28.8 Å². The Morgan fingerprint density at radius 2 is 1.15 bits per heavy atom. The van der Waals surface area contributed by atoms with Crippen molar-refractivity contribution < 1.29 is 57.3 Å². The first-order valence-corrected chi connectivity index (χ1v) is 30.3. The van der Waals surface area contributed by atoms with Crippen molar-refractivity contribution in [3.05, 3.63) is 124 Å². The molecular formula is C65H73N7O12S. The van der Waals surface area contributed by atoms with Crippen LogP contribution in [0.15, 0.2) is 91.0 Å². The van der Waals surface area contributed by atoms with Crippen molar-refractivity contribution in [2.24, 2.45) is 5.92 Å². The van der Waals surface area contributed by atoms with Gasteiger partial charge in [0, 0.05) is 101 Å². The number of amides is 6. The summed E-state index contributed by atoms with van der Waals surface area (Å²) >= 11 is 1.35. The van der Waals surface area contributed by atoms with Crippen LogP contribution >= 0.6 is 11.8 Å². The van der Waals surface area contributed by atoms with Crippen molar-refractivity contribution >= 4 is 87.2 Å². The van der Waals surface area contributed by atoms with E-state index in [9.17, 15) is 38.4 Å². The number of ketones is 2. The maximum atomic E-state index is 14.3. The zero-order valence-corrected chi connectivity index (χ0v) is 50.0. The first-order valence-electron chi connectivity index (χ1n) is 29.0. The number of imide groups is 1. The maximum Gasteiger partial charge on any atom is 0.260 e. The highest BCUT2D eigenvalue weighted by Crippen LogP contribution is 2.44. The molecule has 0 aliphatic carbocycles. The smallest absolute Gasteiger partial charge is 0.260 e. The number of hydrogen-bond acceptors (Lipinski definition) is 15. The normalized spacial score (nSPS) is 18.3. The number of unbranched alkanes of at least 4 members (excludes halogenated alkanes) is 1. The third kappa shape index (κ3) is 12.8. The van der Waals surface area contributed by atoms with Gasteiger partial charge in [0.1, 0.15) is 19.0 Å². The van der Waals surface area contributed by atoms with Gasteiger partial charge in [-0.25, -0.2) is 0 Å². The molecule has 446 valence electrons. The molecule has 5 aromatic rings. The largest absolute Gasteiger partial charge is 0.493 e. The average molecular weight is 1180 g/mol. The Morgan fingerprint density at radius 3 is 1.67 bits per heavy atom. The molecule has 0 saturated carbocycles. The number of anilines is 5. The topological polar surface area (TPSA) is 214 Å². The first-order chi connectivity index (χ1) is 40.9. The van der Waals surface area contributed by atoms with E-state index >= 15 is 0 Å². The van der Waals surface area contributed by atoms with E-state index in [0.29, 0.717) is 94.7 Å². The van der Waals surface area contributed by atoms with Crippen LogP contribution in [0.5, 0.6) is 23.0 Å². The van der Waals surface area contributed by atoms with E-state index in [1.807, 2.05) is 78.5 Å². The molecule has 6 amide bonds. The molecule has 0 aromatic heterocycles. The lowest BCUT2D eigenvalue weighted by Crippen LogP contribution is -2.41. The molecule has 19 nitrogen and oxygen atoms in total. The first kappa shape index (κ1) is 59.8. The zero-order valence-electron chi connectivity index (χ0n) is 49.2. The predicted octanol–water partition coefficient (Wildman–Crippen LogP) is 8.34. The van der Waals surface area contributed by atoms with E-state index in [2.05, 4.69) is 32.6 Å². The highest BCUT2D eigenvalue weighted by Gasteiger charge is 2.42. The summed E-state index contributed by atoms with van der Waals surface area (Å²) in [6.07, 6.45) is 5.19. The Bertz CT molecular complexity index is 3300. The molecular weight excluding hydrogens is 1100 g/mol. The molecule has 85 heavy (non-hydrogen) atoms. The van der Waals surface area contributed by atoms with E-state index in [0.717, 1.165) is 35.3 Å². The number of likely N-dealkylation sites (N-methyl/N-ethyl adjacent to an activating group) is 2. The number of benzene rings is 5. The number of rotatable bonds is 24. The molecule has 1 unspecified atom stereocenters. The summed E-state index contributed by atoms with van der Waals surface area (Å²) in [5.41, 5.74) is 8.14. The minimum atomic E-state index is -0.871. The van der Waals surface area contributed by atoms with Crippen molar-refractivity contribution in [2.75, 3.05) is 79.1 Å². The van der Waals surface area contributed by atoms with Crippen LogP contribution in [0.2, 0.25) is 0 Å². The Hall–Kier alpha value is -8.39. The fourth-order valence-corrected chi connectivity index (χ4v) is 12.9. The van der Waals surface area contributed by atoms with Crippen LogP contribution < -0.4 is 49.2 Å². The summed E-state index contributed by atoms with van der Waals surface area (Å²) in [6.45, 7) is 4.65. The van der Waals surface area contributed by atoms with Gasteiger partial charge in [0.25, 0.3) is 11.8 Å². The Labute approximate surface area is 499 Å². The fourth-order valence-electron chi connectivity index (χ4n) is 12.3. The molecule has 1 fully saturated rings. The molecule has 0 bridgehead atoms. The zero-order chi connectivity index (χ0) is 60.2. The van der Waals surface area contributed by atoms with Gasteiger partial charge in [-0.2, -0.15) is 11.8 Å². The second-order valence-corrected chi connectivity index (χ2v) is 23.8. The molecule has 1 saturated heterocycles. The monoisotopic (exact) mass is 1180 g/mol. The quantitative estimate of drug-likeness (QED) is 0.0439. The number of thioether (sulfide) groups is 1. The minimum absolute atomic E-state index is 0.00714. The van der Waals surface area contributed by atoms with Crippen LogP contribution in [-0.2, 0) is 54.8 Å². The number of carbonyl (C=O) groups is 8. The van der Waals surface area contributed by atoms with Gasteiger partial charge >= 0.3 is 0 Å². The summed E-state index contributed by atoms with van der Waals surface area (Å²) in [5.74, 6) is -1.04. The minimum Gasteiger partial charge on any atom is -0.493 e. The number of fused-ring (bicyclic) bond motifs is 8. The van der Waals surface area contributed by atoms with Gasteiger partial charge in [0.2, 0.25) is 23.6 Å². The van der Waals surface area contributed by atoms with E-state index in [4.69, 9.17) is 18.9 Å². The number of Topliss-reactive ketones (excluding diaryl/α,β-unsaturated/α-hetero) is 2. The van der Waals surface area contributed by atoms with Crippen LogP contribution in [0.25, 0.3) is 0 Å². The molecule has 0 radical (unpaired) electrons. The molecule has 5 aliphatic rings. The number of methoxy groups -OCH3 is 2. The number of carbonyl (C=O) groups excluding carboxylic acids is 8. The molecule has 10 rings (SSSR count). The van der Waals surface area contributed by atoms with Gasteiger partial charge in [-0.05, 0) is 110 Å². The Morgan fingerprint density at radius 1 is 0.635 bits per heavy atom. The number of nitrogens with one attached hydrogen (secondary N) is 2. The van der Waals surface area contributed by atoms with Crippen molar-refractivity contribution in [2.45, 2.75) is 115 Å². The van der Waals surface area contributed by atoms with Crippen molar-refractivity contribution in [1.29, 1.82) is 0 Å². The van der Waals surface area contributed by atoms with Gasteiger partial charge < -0.3 is 49.2 Å². The molecule has 2 N–H and O–H groups in total. The van der Waals surface area contributed by atoms with E-state index in [1.54, 1.807) is 44.4 Å². The third-order valence-electron chi connectivity index (χ3n) is 16.8. The van der Waals surface area contributed by atoms with Crippen LogP contribution in [0.4, 0.5) is 28.4 Å². The second kappa shape index (κ2) is 25.8. The average Bonchev–Trinajstić information content (AvgIpc) is 2.13. The van der Waals surface area contributed by atoms with Crippen molar-refractivity contribution in [3.8, 4) is 23.0 Å². The standard InChI is InChI=1S/C65H73N7O12S/c1-38(23-54(74)39(2)66-60(75)21-13-10-17-47(73)18-14-22-70-61(76)33-59(85-7)65(70)80)62(77)67-44-25-40(36-83-57-31-52-48(29-55(57)81-5)63(78)71-45(34-68(52)3)27-42-15-8-11-19-50(42)71)24-41(26-44)37-84-58-32-53-49(30-56(58)82-6)64(79)72-46(35-69(53)4)28-43-16-9-12-20-51(43)72/h8-9,11-12,15-16,19-20,24-26,29-32,38-39,45-46,59H,10,13-14,17-18,21-23,27-28,33-37H2,1-7H3,(H,66,75)(H,67,77)/t38-,39+,45+,46+,59?/m1/s1. The molecule has 20 heteroatoms. The molecule has 5 aliphatic heterocycles. The van der Waals surface area contributed by atoms with Crippen LogP contribution in [-0.4, -0.2) is 129 Å². The summed E-state index contributed by atoms with van der Waals surface area (Å²) in [6, 6.07) is 27.5. The molecule has 5 atom stereocenters. The lowest BCUT2D eigenvalue weighted by molar-refractivity contribution is -0.138. The second-order valence-electron chi connectivity index (χ2n) is 22.8. The fraction of sp³-hybridized carbons (Fsp3) is 0.415. The third-order valence-corrected chi connectivity index (χ3v) is 17.7. The highest BCUT2D eigenvalue weighted by atomic mass is 32.2. The summed E-state index contributed by atoms with van der Waals surface area (Å²) < 4.78 is 24.8. The summed E-state index contributed by atoms with van der Waals surface area (Å²) in [5, 5.41) is 5.38.